The van der Waals surface area contributed by atoms with Gasteiger partial charge in [-0.1, -0.05) is 0 Å². The van der Waals surface area contributed by atoms with Crippen molar-refractivity contribution >= 4 is 17.7 Å². The highest BCUT2D eigenvalue weighted by molar-refractivity contribution is 6.17. The molecule has 102 valence electrons. The summed E-state index contributed by atoms with van der Waals surface area (Å²) in [5.74, 6) is 0.486. The zero-order chi connectivity index (χ0) is 13.8. The van der Waals surface area contributed by atoms with E-state index in [1.165, 1.54) is 0 Å². The molecule has 1 aliphatic rings. The van der Waals surface area contributed by atoms with Gasteiger partial charge < -0.3 is 9.64 Å². The maximum absolute atomic E-state index is 11.9. The third-order valence-corrected chi connectivity index (χ3v) is 3.37. The van der Waals surface area contributed by atoms with Crippen molar-refractivity contribution in [2.75, 3.05) is 19.0 Å². The fourth-order valence-electron chi connectivity index (χ4n) is 2.04. The van der Waals surface area contributed by atoms with Crippen LogP contribution in [0.1, 0.15) is 40.0 Å². The molecule has 0 N–H and O–H groups in total. The quantitative estimate of drug-likeness (QED) is 0.726. The highest BCUT2D eigenvalue weighted by Gasteiger charge is 2.36. The topological polar surface area (TPSA) is 53.3 Å². The van der Waals surface area contributed by atoms with E-state index in [0.717, 1.165) is 0 Å². The first kappa shape index (κ1) is 15.1. The number of carbonyl (C=O) groups is 1. The molecule has 0 radical (unpaired) electrons. The number of halogens is 1. The summed E-state index contributed by atoms with van der Waals surface area (Å²) in [6.07, 6.45) is 1.75. The average Bonchev–Trinajstić information content (AvgIpc) is 2.28. The fourth-order valence-corrected chi connectivity index (χ4v) is 2.40. The van der Waals surface area contributed by atoms with Crippen molar-refractivity contribution in [3.8, 4) is 6.07 Å². The maximum Gasteiger partial charge on any atom is 0.410 e. The van der Waals surface area contributed by atoms with Crippen molar-refractivity contribution in [2.45, 2.75) is 45.6 Å². The molecule has 4 nitrogen and oxygen atoms in total. The number of alkyl halides is 1. The standard InChI is InChI=1S/C13H21ClN2O2/c1-12(2,3)18-11(17)16-8-5-13(10-15,4-7-14)6-9-16/h4-9H2,1-3H3. The minimum Gasteiger partial charge on any atom is -0.444 e. The molecule has 1 rings (SSSR count). The van der Waals surface area contributed by atoms with Gasteiger partial charge in [0.25, 0.3) is 0 Å². The second-order valence-corrected chi connectivity index (χ2v) is 6.18. The van der Waals surface area contributed by atoms with Crippen molar-refractivity contribution in [3.05, 3.63) is 0 Å². The van der Waals surface area contributed by atoms with E-state index in [1.807, 2.05) is 20.8 Å². The first-order chi connectivity index (χ1) is 8.32. The van der Waals surface area contributed by atoms with Crippen molar-refractivity contribution in [1.29, 1.82) is 5.26 Å². The Hall–Kier alpha value is -0.950. The molecule has 0 aromatic heterocycles. The van der Waals surface area contributed by atoms with Crippen LogP contribution in [0, 0.1) is 16.7 Å². The van der Waals surface area contributed by atoms with Crippen LogP contribution in [0.5, 0.6) is 0 Å². The number of nitriles is 1. The second-order valence-electron chi connectivity index (χ2n) is 5.80. The zero-order valence-electron chi connectivity index (χ0n) is 11.3. The van der Waals surface area contributed by atoms with Crippen LogP contribution in [0.2, 0.25) is 0 Å². The molecule has 0 spiro atoms. The number of likely N-dealkylation sites (tertiary alicyclic amines) is 1. The summed E-state index contributed by atoms with van der Waals surface area (Å²) < 4.78 is 5.32. The molecule has 0 unspecified atom stereocenters. The largest absolute Gasteiger partial charge is 0.444 e. The van der Waals surface area contributed by atoms with Crippen LogP contribution < -0.4 is 0 Å². The lowest BCUT2D eigenvalue weighted by Crippen LogP contribution is -2.45. The highest BCUT2D eigenvalue weighted by atomic mass is 35.5. The Labute approximate surface area is 114 Å². The van der Waals surface area contributed by atoms with Crippen molar-refractivity contribution in [3.63, 3.8) is 0 Å². The lowest BCUT2D eigenvalue weighted by atomic mass is 9.78. The Bertz CT molecular complexity index is 336. The predicted molar refractivity (Wildman–Crippen MR) is 70.4 cm³/mol. The van der Waals surface area contributed by atoms with Gasteiger partial charge in [0, 0.05) is 19.0 Å². The van der Waals surface area contributed by atoms with Crippen LogP contribution in [0.3, 0.4) is 0 Å². The van der Waals surface area contributed by atoms with Crippen molar-refractivity contribution in [2.24, 2.45) is 5.41 Å². The third-order valence-electron chi connectivity index (χ3n) is 3.18. The highest BCUT2D eigenvalue weighted by Crippen LogP contribution is 2.35. The lowest BCUT2D eigenvalue weighted by molar-refractivity contribution is 0.0146. The smallest absolute Gasteiger partial charge is 0.410 e. The van der Waals surface area contributed by atoms with E-state index in [-0.39, 0.29) is 11.5 Å². The number of amides is 1. The third kappa shape index (κ3) is 4.06. The number of ether oxygens (including phenoxy) is 1. The van der Waals surface area contributed by atoms with Crippen molar-refractivity contribution in [1.82, 2.24) is 4.90 Å². The molecule has 0 bridgehead atoms. The van der Waals surface area contributed by atoms with Gasteiger partial charge in [-0.25, -0.2) is 4.79 Å². The molecular weight excluding hydrogens is 252 g/mol. The van der Waals surface area contributed by atoms with E-state index in [4.69, 9.17) is 16.3 Å². The summed E-state index contributed by atoms with van der Waals surface area (Å²) in [5.41, 5.74) is -0.836. The van der Waals surface area contributed by atoms with Gasteiger partial charge in [-0.2, -0.15) is 5.26 Å². The van der Waals surface area contributed by atoms with Crippen LogP contribution >= 0.6 is 11.6 Å². The Morgan fingerprint density at radius 1 is 1.44 bits per heavy atom. The minimum atomic E-state index is -0.475. The fraction of sp³-hybridized carbons (Fsp3) is 0.846. The van der Waals surface area contributed by atoms with E-state index < -0.39 is 5.60 Å². The molecule has 0 saturated carbocycles. The van der Waals surface area contributed by atoms with Gasteiger partial charge in [0.15, 0.2) is 0 Å². The van der Waals surface area contributed by atoms with E-state index in [2.05, 4.69) is 6.07 Å². The summed E-state index contributed by atoms with van der Waals surface area (Å²) >= 11 is 5.73. The van der Waals surface area contributed by atoms with Crippen LogP contribution in [-0.2, 0) is 4.74 Å². The molecule has 18 heavy (non-hydrogen) atoms. The molecular formula is C13H21ClN2O2. The van der Waals surface area contributed by atoms with Gasteiger partial charge in [-0.15, -0.1) is 11.6 Å². The van der Waals surface area contributed by atoms with Crippen LogP contribution in [-0.4, -0.2) is 35.6 Å². The first-order valence-electron chi connectivity index (χ1n) is 6.27. The molecule has 1 amide bonds. The summed E-state index contributed by atoms with van der Waals surface area (Å²) in [6, 6.07) is 2.36. The van der Waals surface area contributed by atoms with Crippen LogP contribution in [0.15, 0.2) is 0 Å². The van der Waals surface area contributed by atoms with Gasteiger partial charge in [-0.05, 0) is 40.0 Å². The van der Waals surface area contributed by atoms with E-state index >= 15 is 0 Å². The molecule has 1 fully saturated rings. The van der Waals surface area contributed by atoms with E-state index in [9.17, 15) is 10.1 Å². The van der Waals surface area contributed by atoms with Gasteiger partial charge in [-0.3, -0.25) is 0 Å². The molecule has 0 aromatic carbocycles. The predicted octanol–water partition coefficient (Wildman–Crippen LogP) is 3.16. The summed E-state index contributed by atoms with van der Waals surface area (Å²) in [6.45, 7) is 6.68. The number of hydrogen-bond acceptors (Lipinski definition) is 3. The molecule has 0 atom stereocenters. The number of rotatable bonds is 2. The Balaban J connectivity index is 2.54. The van der Waals surface area contributed by atoms with Crippen molar-refractivity contribution < 1.29 is 9.53 Å². The zero-order valence-corrected chi connectivity index (χ0v) is 12.1. The van der Waals surface area contributed by atoms with Crippen LogP contribution in [0.25, 0.3) is 0 Å². The van der Waals surface area contributed by atoms with Gasteiger partial charge in [0.05, 0.1) is 11.5 Å². The Morgan fingerprint density at radius 3 is 2.39 bits per heavy atom. The second kappa shape index (κ2) is 5.79. The molecule has 0 aromatic rings. The molecule has 1 heterocycles. The Morgan fingerprint density at radius 2 is 2.00 bits per heavy atom. The summed E-state index contributed by atoms with van der Waals surface area (Å²) in [4.78, 5) is 13.5. The molecule has 1 aliphatic heterocycles. The lowest BCUT2D eigenvalue weighted by Gasteiger charge is -2.37. The maximum atomic E-state index is 11.9. The average molecular weight is 273 g/mol. The normalized spacial score (nSPS) is 19.2. The summed E-state index contributed by atoms with van der Waals surface area (Å²) in [5, 5.41) is 9.24. The number of hydrogen-bond donors (Lipinski definition) is 0. The Kier molecular flexibility index (Phi) is 4.86. The monoisotopic (exact) mass is 272 g/mol. The summed E-state index contributed by atoms with van der Waals surface area (Å²) in [7, 11) is 0. The minimum absolute atomic E-state index is 0.292. The number of carbonyl (C=O) groups excluding carboxylic acids is 1. The van der Waals surface area contributed by atoms with Gasteiger partial charge in [0.1, 0.15) is 5.60 Å². The first-order valence-corrected chi connectivity index (χ1v) is 6.80. The van der Waals surface area contributed by atoms with Gasteiger partial charge >= 0.3 is 6.09 Å². The van der Waals surface area contributed by atoms with E-state index in [0.29, 0.717) is 38.2 Å². The molecule has 0 aliphatic carbocycles. The SMILES string of the molecule is CC(C)(C)OC(=O)N1CCC(C#N)(CCCl)CC1. The van der Waals surface area contributed by atoms with Crippen LogP contribution in [0.4, 0.5) is 4.79 Å². The molecule has 5 heteroatoms. The number of piperidine rings is 1. The number of nitrogens with zero attached hydrogens (tertiary/aromatic N) is 2. The van der Waals surface area contributed by atoms with Gasteiger partial charge in [0.2, 0.25) is 0 Å². The van der Waals surface area contributed by atoms with E-state index in [1.54, 1.807) is 4.90 Å². The molecule has 1 saturated heterocycles.